The Hall–Kier alpha value is -2.04. The molecule has 2 aromatic heterocycles. The summed E-state index contributed by atoms with van der Waals surface area (Å²) < 4.78 is 0. The van der Waals surface area contributed by atoms with E-state index < -0.39 is 5.60 Å². The minimum absolute atomic E-state index is 0.593. The van der Waals surface area contributed by atoms with E-state index in [-0.39, 0.29) is 0 Å². The molecular formula is C19H27N5OS. The smallest absolute Gasteiger partial charge is 0.153 e. The highest BCUT2D eigenvalue weighted by molar-refractivity contribution is 7.99. The van der Waals surface area contributed by atoms with Gasteiger partial charge in [0.25, 0.3) is 0 Å². The molecule has 0 saturated carbocycles. The molecular weight excluding hydrogens is 346 g/mol. The number of thioether (sulfide) groups is 1. The summed E-state index contributed by atoms with van der Waals surface area (Å²) in [6, 6.07) is 6.04. The molecule has 0 radical (unpaired) electrons. The molecule has 0 aliphatic carbocycles. The highest BCUT2D eigenvalue weighted by Gasteiger charge is 2.13. The first-order chi connectivity index (χ1) is 12.3. The summed E-state index contributed by atoms with van der Waals surface area (Å²) in [6.07, 6.45) is 3.90. The number of nitrogens with zero attached hydrogens (tertiary/aromatic N) is 3. The molecule has 26 heavy (non-hydrogen) atoms. The van der Waals surface area contributed by atoms with Gasteiger partial charge in [-0.05, 0) is 57.9 Å². The summed E-state index contributed by atoms with van der Waals surface area (Å²) in [4.78, 5) is 4.60. The molecule has 0 bridgehead atoms. The van der Waals surface area contributed by atoms with Gasteiger partial charge in [0.15, 0.2) is 5.82 Å². The van der Waals surface area contributed by atoms with Gasteiger partial charge < -0.3 is 10.4 Å². The van der Waals surface area contributed by atoms with Gasteiger partial charge in [-0.2, -0.15) is 10.4 Å². The van der Waals surface area contributed by atoms with Gasteiger partial charge in [0.1, 0.15) is 16.9 Å². The number of rotatable bonds is 9. The van der Waals surface area contributed by atoms with Crippen molar-refractivity contribution in [3.05, 3.63) is 29.0 Å². The molecule has 0 aromatic carbocycles. The third-order valence-corrected chi connectivity index (χ3v) is 4.99. The lowest BCUT2D eigenvalue weighted by atomic mass is 10.0. The highest BCUT2D eigenvalue weighted by atomic mass is 32.2. The topological polar surface area (TPSA) is 97.6 Å². The van der Waals surface area contributed by atoms with E-state index in [0.29, 0.717) is 17.2 Å². The number of aromatic amines is 1. The Labute approximate surface area is 159 Å². The minimum atomic E-state index is -0.593. The Balaban J connectivity index is 1.96. The van der Waals surface area contributed by atoms with Gasteiger partial charge in [-0.25, -0.2) is 4.98 Å². The molecule has 140 valence electrons. The quantitative estimate of drug-likeness (QED) is 0.443. The first kappa shape index (κ1) is 20.3. The number of aryl methyl sites for hydroxylation is 2. The zero-order chi connectivity index (χ0) is 19.2. The standard InChI is InChI=1S/C19H27N5OS/c1-13-10-16(21-17-11-14(2)23-24-17)22-18(15(13)12-20)26-9-7-5-6-8-19(3,4)25/h10-11,25H,5-9H2,1-4H3,(H2,21,22,23,24). The van der Waals surface area contributed by atoms with Crippen LogP contribution in [0.2, 0.25) is 0 Å². The van der Waals surface area contributed by atoms with E-state index >= 15 is 0 Å². The molecule has 0 aliphatic heterocycles. The van der Waals surface area contributed by atoms with Crippen molar-refractivity contribution in [2.24, 2.45) is 0 Å². The number of unbranched alkanes of at least 4 members (excludes halogenated alkanes) is 2. The lowest BCUT2D eigenvalue weighted by Crippen LogP contribution is -2.17. The zero-order valence-electron chi connectivity index (χ0n) is 15.9. The van der Waals surface area contributed by atoms with Crippen molar-refractivity contribution in [1.29, 1.82) is 5.26 Å². The van der Waals surface area contributed by atoms with Crippen molar-refractivity contribution in [2.45, 2.75) is 64.0 Å². The molecule has 7 heteroatoms. The van der Waals surface area contributed by atoms with Crippen LogP contribution in [0, 0.1) is 25.2 Å². The lowest BCUT2D eigenvalue weighted by Gasteiger charge is -2.16. The molecule has 0 spiro atoms. The summed E-state index contributed by atoms with van der Waals surface area (Å²) in [7, 11) is 0. The predicted octanol–water partition coefficient (Wildman–Crippen LogP) is 4.46. The van der Waals surface area contributed by atoms with Crippen LogP contribution >= 0.6 is 11.8 Å². The second kappa shape index (κ2) is 9.06. The maximum atomic E-state index is 9.74. The fraction of sp³-hybridized carbons (Fsp3) is 0.526. The Kier molecular flexibility index (Phi) is 7.06. The van der Waals surface area contributed by atoms with Crippen LogP contribution in [-0.2, 0) is 0 Å². The van der Waals surface area contributed by atoms with Crippen molar-refractivity contribution < 1.29 is 5.11 Å². The molecule has 6 nitrogen and oxygen atoms in total. The summed E-state index contributed by atoms with van der Waals surface area (Å²) >= 11 is 1.61. The molecule has 0 atom stereocenters. The zero-order valence-corrected chi connectivity index (χ0v) is 16.7. The molecule has 0 amide bonds. The van der Waals surface area contributed by atoms with Crippen molar-refractivity contribution >= 4 is 23.4 Å². The first-order valence-electron chi connectivity index (χ1n) is 8.84. The van der Waals surface area contributed by atoms with Gasteiger partial charge in [0, 0.05) is 11.8 Å². The number of pyridine rings is 1. The normalized spacial score (nSPS) is 11.4. The van der Waals surface area contributed by atoms with E-state index in [2.05, 4.69) is 26.6 Å². The summed E-state index contributed by atoms with van der Waals surface area (Å²) in [5, 5.41) is 30.2. The fourth-order valence-corrected chi connectivity index (χ4v) is 3.62. The van der Waals surface area contributed by atoms with Crippen LogP contribution in [0.3, 0.4) is 0 Å². The molecule has 3 N–H and O–H groups in total. The Bertz CT molecular complexity index is 773. The van der Waals surface area contributed by atoms with E-state index in [1.54, 1.807) is 11.8 Å². The van der Waals surface area contributed by atoms with E-state index in [1.165, 1.54) is 0 Å². The van der Waals surface area contributed by atoms with Crippen LogP contribution < -0.4 is 5.32 Å². The predicted molar refractivity (Wildman–Crippen MR) is 106 cm³/mol. The van der Waals surface area contributed by atoms with Crippen molar-refractivity contribution in [3.8, 4) is 6.07 Å². The number of hydrogen-bond acceptors (Lipinski definition) is 6. The van der Waals surface area contributed by atoms with Gasteiger partial charge in [-0.1, -0.05) is 12.8 Å². The Morgan fingerprint density at radius 2 is 2.00 bits per heavy atom. The maximum Gasteiger partial charge on any atom is 0.153 e. The third-order valence-electron chi connectivity index (χ3n) is 3.93. The van der Waals surface area contributed by atoms with Crippen LogP contribution in [-0.4, -0.2) is 31.6 Å². The van der Waals surface area contributed by atoms with Crippen molar-refractivity contribution in [1.82, 2.24) is 15.2 Å². The molecule has 0 fully saturated rings. The molecule has 2 heterocycles. The minimum Gasteiger partial charge on any atom is -0.390 e. The average molecular weight is 374 g/mol. The molecule has 0 aliphatic rings. The van der Waals surface area contributed by atoms with Crippen molar-refractivity contribution in [3.63, 3.8) is 0 Å². The highest BCUT2D eigenvalue weighted by Crippen LogP contribution is 2.27. The second-order valence-corrected chi connectivity index (χ2v) is 8.23. The number of H-pyrrole nitrogens is 1. The van der Waals surface area contributed by atoms with Gasteiger partial charge >= 0.3 is 0 Å². The van der Waals surface area contributed by atoms with Gasteiger partial charge in [0.05, 0.1) is 11.2 Å². The van der Waals surface area contributed by atoms with Crippen LogP contribution in [0.25, 0.3) is 0 Å². The third kappa shape index (κ3) is 6.36. The molecule has 2 aromatic rings. The molecule has 0 saturated heterocycles. The van der Waals surface area contributed by atoms with Crippen LogP contribution in [0.5, 0.6) is 0 Å². The van der Waals surface area contributed by atoms with E-state index in [1.807, 2.05) is 39.8 Å². The largest absolute Gasteiger partial charge is 0.390 e. The SMILES string of the molecule is Cc1cc(Nc2cc(C)c(C#N)c(SCCCCCC(C)(C)O)n2)n[nH]1. The number of anilines is 2. The monoisotopic (exact) mass is 373 g/mol. The number of aliphatic hydroxyl groups is 1. The average Bonchev–Trinajstić information content (AvgIpc) is 2.94. The summed E-state index contributed by atoms with van der Waals surface area (Å²) in [5.74, 6) is 2.30. The Morgan fingerprint density at radius 3 is 2.62 bits per heavy atom. The second-order valence-electron chi connectivity index (χ2n) is 7.15. The van der Waals surface area contributed by atoms with E-state index in [9.17, 15) is 10.4 Å². The number of hydrogen-bond donors (Lipinski definition) is 3. The first-order valence-corrected chi connectivity index (χ1v) is 9.83. The maximum absolute atomic E-state index is 9.74. The summed E-state index contributed by atoms with van der Waals surface area (Å²) in [6.45, 7) is 7.55. The Morgan fingerprint density at radius 1 is 1.23 bits per heavy atom. The van der Waals surface area contributed by atoms with E-state index in [0.717, 1.165) is 47.7 Å². The fourth-order valence-electron chi connectivity index (χ4n) is 2.57. The lowest BCUT2D eigenvalue weighted by molar-refractivity contribution is 0.0682. The number of nitriles is 1. The van der Waals surface area contributed by atoms with Gasteiger partial charge in [-0.15, -0.1) is 11.8 Å². The molecule has 0 unspecified atom stereocenters. The van der Waals surface area contributed by atoms with Crippen LogP contribution in [0.4, 0.5) is 11.6 Å². The van der Waals surface area contributed by atoms with Gasteiger partial charge in [-0.3, -0.25) is 5.10 Å². The number of aromatic nitrogens is 3. The number of nitrogens with one attached hydrogen (secondary N) is 2. The van der Waals surface area contributed by atoms with Gasteiger partial charge in [0.2, 0.25) is 0 Å². The summed E-state index contributed by atoms with van der Waals surface area (Å²) in [5.41, 5.74) is 1.92. The van der Waals surface area contributed by atoms with Crippen molar-refractivity contribution in [2.75, 3.05) is 11.1 Å². The van der Waals surface area contributed by atoms with E-state index in [4.69, 9.17) is 0 Å². The van der Waals surface area contributed by atoms with Crippen LogP contribution in [0.1, 0.15) is 56.4 Å². The molecule has 2 rings (SSSR count). The van der Waals surface area contributed by atoms with Crippen LogP contribution in [0.15, 0.2) is 17.2 Å².